The lowest BCUT2D eigenvalue weighted by atomic mass is 9.88. The van der Waals surface area contributed by atoms with E-state index in [9.17, 15) is 8.42 Å². The maximum absolute atomic E-state index is 13.8. The highest BCUT2D eigenvalue weighted by Crippen LogP contribution is 2.47. The van der Waals surface area contributed by atoms with E-state index in [0.29, 0.717) is 5.56 Å². The first-order valence-electron chi connectivity index (χ1n) is 8.87. The molecular formula is C23H21NO2S. The molecule has 0 amide bonds. The normalized spacial score (nSPS) is 18.1. The molecule has 0 saturated carbocycles. The molecule has 0 saturated heterocycles. The molecule has 0 aliphatic heterocycles. The lowest BCUT2D eigenvalue weighted by Crippen LogP contribution is -2.49. The van der Waals surface area contributed by atoms with Crippen LogP contribution in [0, 0.1) is 6.92 Å². The average molecular weight is 375 g/mol. The van der Waals surface area contributed by atoms with Crippen LogP contribution >= 0.6 is 0 Å². The van der Waals surface area contributed by atoms with Crippen LogP contribution in [0.1, 0.15) is 28.2 Å². The molecular weight excluding hydrogens is 354 g/mol. The molecule has 3 aromatic rings. The van der Waals surface area contributed by atoms with E-state index in [1.54, 1.807) is 36.4 Å². The van der Waals surface area contributed by atoms with E-state index in [4.69, 9.17) is 5.73 Å². The van der Waals surface area contributed by atoms with E-state index in [2.05, 4.69) is 0 Å². The minimum Gasteiger partial charge on any atom is -0.308 e. The maximum Gasteiger partial charge on any atom is 0.202 e. The van der Waals surface area contributed by atoms with Gasteiger partial charge in [-0.2, -0.15) is 0 Å². The van der Waals surface area contributed by atoms with Crippen molar-refractivity contribution in [2.45, 2.75) is 22.6 Å². The zero-order valence-corrected chi connectivity index (χ0v) is 15.9. The molecule has 4 rings (SSSR count). The van der Waals surface area contributed by atoms with Crippen molar-refractivity contribution in [1.82, 2.24) is 0 Å². The minimum absolute atomic E-state index is 0.234. The lowest BCUT2D eigenvalue weighted by Gasteiger charge is -2.35. The third-order valence-electron chi connectivity index (χ3n) is 5.26. The zero-order valence-electron chi connectivity index (χ0n) is 15.0. The van der Waals surface area contributed by atoms with Gasteiger partial charge in [-0.05, 0) is 35.7 Å². The topological polar surface area (TPSA) is 60.2 Å². The molecule has 4 heteroatoms. The van der Waals surface area contributed by atoms with Gasteiger partial charge in [0.25, 0.3) is 0 Å². The van der Waals surface area contributed by atoms with Crippen LogP contribution in [-0.4, -0.2) is 8.42 Å². The van der Waals surface area contributed by atoms with Crippen molar-refractivity contribution in [3.05, 3.63) is 107 Å². The van der Waals surface area contributed by atoms with Gasteiger partial charge in [-0.15, -0.1) is 0 Å². The van der Waals surface area contributed by atoms with E-state index in [-0.39, 0.29) is 4.90 Å². The second kappa shape index (κ2) is 6.48. The van der Waals surface area contributed by atoms with Crippen LogP contribution < -0.4 is 5.73 Å². The summed E-state index contributed by atoms with van der Waals surface area (Å²) in [7, 11) is -3.87. The van der Waals surface area contributed by atoms with Gasteiger partial charge in [-0.25, -0.2) is 8.42 Å². The van der Waals surface area contributed by atoms with E-state index in [0.717, 1.165) is 16.7 Å². The van der Waals surface area contributed by atoms with Crippen molar-refractivity contribution < 1.29 is 8.42 Å². The average Bonchev–Trinajstić information content (AvgIpc) is 3.13. The summed E-state index contributed by atoms with van der Waals surface area (Å²) in [6.07, 6.45) is 3.86. The van der Waals surface area contributed by atoms with E-state index in [1.807, 2.05) is 61.5 Å². The number of nitrogens with two attached hydrogens (primary N) is 1. The van der Waals surface area contributed by atoms with Crippen molar-refractivity contribution in [2.24, 2.45) is 5.73 Å². The van der Waals surface area contributed by atoms with Crippen LogP contribution in [-0.2, 0) is 14.7 Å². The molecule has 0 bridgehead atoms. The minimum atomic E-state index is -3.87. The predicted molar refractivity (Wildman–Crippen MR) is 109 cm³/mol. The molecule has 1 aliphatic carbocycles. The Labute approximate surface area is 160 Å². The van der Waals surface area contributed by atoms with Gasteiger partial charge >= 0.3 is 0 Å². The predicted octanol–water partition coefficient (Wildman–Crippen LogP) is 4.39. The van der Waals surface area contributed by atoms with E-state index < -0.39 is 20.6 Å². The van der Waals surface area contributed by atoms with E-state index >= 15 is 0 Å². The SMILES string of the molecule is Cc1ccc(S(=O)(=O)C(N)(c2ccccc2)C2C=Cc3ccccc32)cc1. The Balaban J connectivity index is 1.96. The van der Waals surface area contributed by atoms with Crippen LogP contribution in [0.15, 0.2) is 89.8 Å². The molecule has 0 heterocycles. The number of hydrogen-bond donors (Lipinski definition) is 1. The molecule has 0 fully saturated rings. The van der Waals surface area contributed by atoms with Crippen LogP contribution in [0.3, 0.4) is 0 Å². The Morgan fingerprint density at radius 2 is 1.48 bits per heavy atom. The summed E-state index contributed by atoms with van der Waals surface area (Å²) >= 11 is 0. The number of aryl methyl sites for hydroxylation is 1. The van der Waals surface area contributed by atoms with Crippen molar-refractivity contribution in [1.29, 1.82) is 0 Å². The summed E-state index contributed by atoms with van der Waals surface area (Å²) in [4.78, 5) is -1.37. The van der Waals surface area contributed by atoms with Crippen molar-refractivity contribution >= 4 is 15.9 Å². The molecule has 0 spiro atoms. The van der Waals surface area contributed by atoms with Gasteiger partial charge in [0.2, 0.25) is 9.84 Å². The fraction of sp³-hybridized carbons (Fsp3) is 0.130. The third-order valence-corrected chi connectivity index (χ3v) is 7.53. The molecule has 1 aliphatic rings. The van der Waals surface area contributed by atoms with Crippen molar-refractivity contribution in [3.63, 3.8) is 0 Å². The van der Waals surface area contributed by atoms with Crippen LogP contribution in [0.25, 0.3) is 6.08 Å². The van der Waals surface area contributed by atoms with Crippen LogP contribution in [0.4, 0.5) is 0 Å². The number of rotatable bonds is 4. The highest BCUT2D eigenvalue weighted by molar-refractivity contribution is 7.92. The molecule has 2 unspecified atom stereocenters. The van der Waals surface area contributed by atoms with Gasteiger partial charge in [0.1, 0.15) is 0 Å². The van der Waals surface area contributed by atoms with Gasteiger partial charge < -0.3 is 5.73 Å². The highest BCUT2D eigenvalue weighted by atomic mass is 32.2. The van der Waals surface area contributed by atoms with Gasteiger partial charge in [0.15, 0.2) is 4.87 Å². The summed E-state index contributed by atoms with van der Waals surface area (Å²) in [5.41, 5.74) is 10.4. The summed E-state index contributed by atoms with van der Waals surface area (Å²) in [5, 5.41) is 0. The Bertz CT molecular complexity index is 1100. The molecule has 27 heavy (non-hydrogen) atoms. The third kappa shape index (κ3) is 2.73. The second-order valence-corrected chi connectivity index (χ2v) is 9.10. The Morgan fingerprint density at radius 1 is 0.852 bits per heavy atom. The Hall–Kier alpha value is -2.69. The lowest BCUT2D eigenvalue weighted by molar-refractivity contribution is 0.498. The quantitative estimate of drug-likeness (QED) is 0.736. The van der Waals surface area contributed by atoms with Crippen LogP contribution in [0.2, 0.25) is 0 Å². The number of benzene rings is 3. The number of hydrogen-bond acceptors (Lipinski definition) is 3. The molecule has 2 atom stereocenters. The first kappa shape index (κ1) is 17.7. The van der Waals surface area contributed by atoms with Gasteiger partial charge in [0, 0.05) is 5.92 Å². The number of fused-ring (bicyclic) bond motifs is 1. The Morgan fingerprint density at radius 3 is 2.19 bits per heavy atom. The fourth-order valence-corrected chi connectivity index (χ4v) is 5.61. The van der Waals surface area contributed by atoms with Crippen molar-refractivity contribution in [2.75, 3.05) is 0 Å². The van der Waals surface area contributed by atoms with Crippen LogP contribution in [0.5, 0.6) is 0 Å². The second-order valence-electron chi connectivity index (χ2n) is 6.94. The standard InChI is InChI=1S/C23H21NO2S/c1-17-11-14-20(15-12-17)27(25,26)23(24,19-8-3-2-4-9-19)22-16-13-18-7-5-6-10-21(18)22/h2-16,22H,24H2,1H3. The Kier molecular flexibility index (Phi) is 4.25. The van der Waals surface area contributed by atoms with Gasteiger partial charge in [0.05, 0.1) is 4.90 Å². The monoisotopic (exact) mass is 375 g/mol. The summed E-state index contributed by atoms with van der Waals surface area (Å²) in [6, 6.07) is 23.8. The van der Waals surface area contributed by atoms with Gasteiger partial charge in [-0.3, -0.25) is 0 Å². The fourth-order valence-electron chi connectivity index (χ4n) is 3.74. The smallest absolute Gasteiger partial charge is 0.202 e. The maximum atomic E-state index is 13.8. The van der Waals surface area contributed by atoms with Crippen molar-refractivity contribution in [3.8, 4) is 0 Å². The van der Waals surface area contributed by atoms with Gasteiger partial charge in [-0.1, -0.05) is 84.4 Å². The summed E-state index contributed by atoms with van der Waals surface area (Å²) < 4.78 is 27.6. The first-order valence-corrected chi connectivity index (χ1v) is 10.4. The summed E-state index contributed by atoms with van der Waals surface area (Å²) in [6.45, 7) is 1.93. The largest absolute Gasteiger partial charge is 0.308 e. The molecule has 0 aromatic heterocycles. The zero-order chi connectivity index (χ0) is 19.1. The molecule has 2 N–H and O–H groups in total. The van der Waals surface area contributed by atoms with E-state index in [1.165, 1.54) is 0 Å². The molecule has 3 nitrogen and oxygen atoms in total. The molecule has 3 aromatic carbocycles. The molecule has 136 valence electrons. The number of sulfone groups is 1. The summed E-state index contributed by atoms with van der Waals surface area (Å²) in [5.74, 6) is -0.470. The first-order chi connectivity index (χ1) is 12.9. The molecule has 0 radical (unpaired) electrons. The highest BCUT2D eigenvalue weighted by Gasteiger charge is 2.50.